The number of aromatic carboxylic acids is 1. The van der Waals surface area contributed by atoms with Crippen LogP contribution in [-0.2, 0) is 0 Å². The number of rotatable bonds is 2. The van der Waals surface area contributed by atoms with E-state index < -0.39 is 5.97 Å². The van der Waals surface area contributed by atoms with Crippen LogP contribution < -0.4 is 0 Å². The van der Waals surface area contributed by atoms with Crippen molar-refractivity contribution in [3.8, 4) is 5.69 Å². The summed E-state index contributed by atoms with van der Waals surface area (Å²) >= 11 is 3.30. The summed E-state index contributed by atoms with van der Waals surface area (Å²) in [5.41, 5.74) is 1.76. The number of benzene rings is 1. The van der Waals surface area contributed by atoms with Crippen LogP contribution in [0.4, 0.5) is 0 Å². The maximum Gasteiger partial charge on any atom is 0.336 e. The fourth-order valence-electron chi connectivity index (χ4n) is 1.54. The largest absolute Gasteiger partial charge is 0.478 e. The molecule has 0 atom stereocenters. The first-order chi connectivity index (χ1) is 7.59. The summed E-state index contributed by atoms with van der Waals surface area (Å²) in [5, 5.41) is 13.1. The van der Waals surface area contributed by atoms with Crippen LogP contribution in [0.15, 0.2) is 35.1 Å². The van der Waals surface area contributed by atoms with Crippen molar-refractivity contribution in [2.75, 3.05) is 0 Å². The van der Waals surface area contributed by atoms with Crippen LogP contribution in [0, 0.1) is 6.92 Å². The van der Waals surface area contributed by atoms with Crippen LogP contribution in [0.3, 0.4) is 0 Å². The molecule has 0 aliphatic heterocycles. The van der Waals surface area contributed by atoms with Gasteiger partial charge in [0, 0.05) is 6.20 Å². The summed E-state index contributed by atoms with van der Waals surface area (Å²) in [4.78, 5) is 11.0. The van der Waals surface area contributed by atoms with Crippen LogP contribution in [0.2, 0.25) is 0 Å². The average molecular weight is 281 g/mol. The number of carbonyl (C=O) groups is 1. The maximum atomic E-state index is 11.0. The molecule has 0 bridgehead atoms. The predicted molar refractivity (Wildman–Crippen MR) is 63.0 cm³/mol. The highest BCUT2D eigenvalue weighted by Crippen LogP contribution is 2.19. The van der Waals surface area contributed by atoms with Crippen molar-refractivity contribution in [3.05, 3.63) is 46.2 Å². The molecular formula is C11H9BrN2O2. The van der Waals surface area contributed by atoms with Gasteiger partial charge in [0.2, 0.25) is 0 Å². The van der Waals surface area contributed by atoms with Crippen molar-refractivity contribution in [1.29, 1.82) is 0 Å². The molecule has 0 radical (unpaired) electrons. The van der Waals surface area contributed by atoms with Gasteiger partial charge in [0.05, 0.1) is 21.9 Å². The van der Waals surface area contributed by atoms with E-state index in [9.17, 15) is 4.79 Å². The first-order valence-corrected chi connectivity index (χ1v) is 5.42. The minimum absolute atomic E-state index is 0.295. The van der Waals surface area contributed by atoms with Crippen molar-refractivity contribution in [2.24, 2.45) is 0 Å². The smallest absolute Gasteiger partial charge is 0.336 e. The number of carboxylic acid groups (broad SMARTS) is 1. The van der Waals surface area contributed by atoms with Gasteiger partial charge in [-0.2, -0.15) is 5.10 Å². The molecule has 2 aromatic rings. The van der Waals surface area contributed by atoms with E-state index in [0.717, 1.165) is 10.2 Å². The fourth-order valence-corrected chi connectivity index (χ4v) is 1.82. The molecule has 1 heterocycles. The van der Waals surface area contributed by atoms with Gasteiger partial charge in [0.1, 0.15) is 0 Å². The van der Waals surface area contributed by atoms with E-state index in [1.165, 1.54) is 0 Å². The molecule has 1 aromatic carbocycles. The first-order valence-electron chi connectivity index (χ1n) is 4.63. The normalized spacial score (nSPS) is 10.4. The Morgan fingerprint density at radius 2 is 2.25 bits per heavy atom. The SMILES string of the molecule is Cc1c(C(=O)O)cccc1-n1cc(Br)cn1. The summed E-state index contributed by atoms with van der Waals surface area (Å²) in [6.07, 6.45) is 3.45. The minimum atomic E-state index is -0.925. The number of aromatic nitrogens is 2. The molecular weight excluding hydrogens is 272 g/mol. The molecule has 82 valence electrons. The summed E-state index contributed by atoms with van der Waals surface area (Å²) in [6.45, 7) is 1.77. The molecule has 0 fully saturated rings. The highest BCUT2D eigenvalue weighted by Gasteiger charge is 2.11. The first kappa shape index (κ1) is 10.9. The lowest BCUT2D eigenvalue weighted by atomic mass is 10.1. The van der Waals surface area contributed by atoms with Crippen molar-refractivity contribution in [3.63, 3.8) is 0 Å². The van der Waals surface area contributed by atoms with E-state index in [-0.39, 0.29) is 0 Å². The molecule has 5 heteroatoms. The van der Waals surface area contributed by atoms with E-state index in [2.05, 4.69) is 21.0 Å². The van der Waals surface area contributed by atoms with Crippen LogP contribution in [0.1, 0.15) is 15.9 Å². The number of hydrogen-bond acceptors (Lipinski definition) is 2. The Morgan fingerprint density at radius 1 is 1.50 bits per heavy atom. The van der Waals surface area contributed by atoms with Crippen LogP contribution in [0.5, 0.6) is 0 Å². The topological polar surface area (TPSA) is 55.1 Å². The second-order valence-electron chi connectivity index (χ2n) is 3.36. The van der Waals surface area contributed by atoms with Gasteiger partial charge in [-0.05, 0) is 40.5 Å². The zero-order valence-electron chi connectivity index (χ0n) is 8.51. The summed E-state index contributed by atoms with van der Waals surface area (Å²) in [6, 6.07) is 5.13. The molecule has 16 heavy (non-hydrogen) atoms. The summed E-state index contributed by atoms with van der Waals surface area (Å²) in [7, 11) is 0. The highest BCUT2D eigenvalue weighted by atomic mass is 79.9. The molecule has 1 N–H and O–H groups in total. The summed E-state index contributed by atoms with van der Waals surface area (Å²) < 4.78 is 2.50. The zero-order valence-corrected chi connectivity index (χ0v) is 10.1. The van der Waals surface area contributed by atoms with Gasteiger partial charge in [0.15, 0.2) is 0 Å². The van der Waals surface area contributed by atoms with E-state index in [0.29, 0.717) is 11.1 Å². The Bertz CT molecular complexity index is 549. The monoisotopic (exact) mass is 280 g/mol. The number of halogens is 1. The molecule has 0 spiro atoms. The van der Waals surface area contributed by atoms with Gasteiger partial charge in [-0.25, -0.2) is 9.48 Å². The third-order valence-corrected chi connectivity index (χ3v) is 2.74. The molecule has 1 aromatic heterocycles. The standard InChI is InChI=1S/C11H9BrN2O2/c1-7-9(11(15)16)3-2-4-10(7)14-6-8(12)5-13-14/h2-6H,1H3,(H,15,16). The lowest BCUT2D eigenvalue weighted by Crippen LogP contribution is -2.04. The fraction of sp³-hybridized carbons (Fsp3) is 0.0909. The third kappa shape index (κ3) is 1.86. The average Bonchev–Trinajstić information content (AvgIpc) is 2.64. The predicted octanol–water partition coefficient (Wildman–Crippen LogP) is 2.64. The van der Waals surface area contributed by atoms with Crippen LogP contribution in [-0.4, -0.2) is 20.9 Å². The Balaban J connectivity index is 2.58. The van der Waals surface area contributed by atoms with Gasteiger partial charge in [0.25, 0.3) is 0 Å². The number of nitrogens with zero attached hydrogens (tertiary/aromatic N) is 2. The third-order valence-electron chi connectivity index (χ3n) is 2.33. The molecule has 0 unspecified atom stereocenters. The van der Waals surface area contributed by atoms with Crippen molar-refractivity contribution < 1.29 is 9.90 Å². The maximum absolute atomic E-state index is 11.0. The lowest BCUT2D eigenvalue weighted by molar-refractivity contribution is 0.0696. The van der Waals surface area contributed by atoms with Gasteiger partial charge in [-0.15, -0.1) is 0 Å². The van der Waals surface area contributed by atoms with Gasteiger partial charge in [-0.1, -0.05) is 6.07 Å². The van der Waals surface area contributed by atoms with E-state index in [1.54, 1.807) is 36.1 Å². The Labute approximate surface area is 101 Å². The highest BCUT2D eigenvalue weighted by molar-refractivity contribution is 9.10. The molecule has 0 amide bonds. The van der Waals surface area contributed by atoms with E-state index in [4.69, 9.17) is 5.11 Å². The quantitative estimate of drug-likeness (QED) is 0.920. The van der Waals surface area contributed by atoms with Crippen LogP contribution in [0.25, 0.3) is 5.69 Å². The van der Waals surface area contributed by atoms with Gasteiger partial charge in [-0.3, -0.25) is 0 Å². The number of hydrogen-bond donors (Lipinski definition) is 1. The lowest BCUT2D eigenvalue weighted by Gasteiger charge is -2.07. The second kappa shape index (κ2) is 4.09. The molecule has 0 aliphatic carbocycles. The van der Waals surface area contributed by atoms with Crippen molar-refractivity contribution in [2.45, 2.75) is 6.92 Å². The molecule has 2 rings (SSSR count). The summed E-state index contributed by atoms with van der Waals surface area (Å²) in [5.74, 6) is -0.925. The second-order valence-corrected chi connectivity index (χ2v) is 4.27. The minimum Gasteiger partial charge on any atom is -0.478 e. The number of carboxylic acids is 1. The molecule has 4 nitrogen and oxygen atoms in total. The van der Waals surface area contributed by atoms with Crippen LogP contribution >= 0.6 is 15.9 Å². The Hall–Kier alpha value is -1.62. The molecule has 0 saturated carbocycles. The van der Waals surface area contributed by atoms with Crippen molar-refractivity contribution >= 4 is 21.9 Å². The van der Waals surface area contributed by atoms with E-state index in [1.807, 2.05) is 6.07 Å². The molecule has 0 saturated heterocycles. The molecule has 0 aliphatic rings. The van der Waals surface area contributed by atoms with E-state index >= 15 is 0 Å². The zero-order chi connectivity index (χ0) is 11.7. The van der Waals surface area contributed by atoms with Gasteiger partial charge >= 0.3 is 5.97 Å². The van der Waals surface area contributed by atoms with Crippen molar-refractivity contribution in [1.82, 2.24) is 9.78 Å². The Morgan fingerprint density at radius 3 is 2.81 bits per heavy atom. The van der Waals surface area contributed by atoms with Gasteiger partial charge < -0.3 is 5.11 Å². The Kier molecular flexibility index (Phi) is 2.78.